The molecule has 0 spiro atoms. The summed E-state index contributed by atoms with van der Waals surface area (Å²) in [6.07, 6.45) is 3.92. The molecule has 3 unspecified atom stereocenters. The standard InChI is InChI=1S/C26H40ClN5O2S/c1-17(2)9-22(33)31-8-7-30(13-18(31)3)21-10-20(27)28-24(29-21)35-14-23(34)32-16-26(6)12-19(32)11-25(4,5)15-26/h10,17-19H,7-9,11-16H2,1-6H3. The Labute approximate surface area is 219 Å². The fourth-order valence-corrected chi connectivity index (χ4v) is 7.54. The lowest BCUT2D eigenvalue weighted by molar-refractivity contribution is -0.134. The van der Waals surface area contributed by atoms with Crippen LogP contribution in [0.25, 0.3) is 0 Å². The topological polar surface area (TPSA) is 69.6 Å². The number of nitrogens with zero attached hydrogens (tertiary/aromatic N) is 5. The van der Waals surface area contributed by atoms with Crippen molar-refractivity contribution in [1.29, 1.82) is 0 Å². The maximum absolute atomic E-state index is 13.2. The number of rotatable bonds is 6. The van der Waals surface area contributed by atoms with E-state index in [2.05, 4.69) is 56.3 Å². The molecule has 35 heavy (non-hydrogen) atoms. The Morgan fingerprint density at radius 1 is 1.14 bits per heavy atom. The maximum Gasteiger partial charge on any atom is 0.233 e. The first-order chi connectivity index (χ1) is 16.3. The van der Waals surface area contributed by atoms with Gasteiger partial charge in [-0.15, -0.1) is 0 Å². The summed E-state index contributed by atoms with van der Waals surface area (Å²) in [5.41, 5.74) is 0.507. The normalized spacial score (nSPS) is 28.1. The number of thioether (sulfide) groups is 1. The van der Waals surface area contributed by atoms with Crippen LogP contribution in [0.2, 0.25) is 5.15 Å². The smallest absolute Gasteiger partial charge is 0.233 e. The van der Waals surface area contributed by atoms with Gasteiger partial charge in [0, 0.05) is 50.7 Å². The molecule has 0 radical (unpaired) electrons. The Morgan fingerprint density at radius 3 is 2.57 bits per heavy atom. The SMILES string of the molecule is CC(C)CC(=O)N1CCN(c2cc(Cl)nc(SCC(=O)N3CC4(C)CC3CC(C)(C)C4)n2)CC1C. The van der Waals surface area contributed by atoms with Gasteiger partial charge in [-0.25, -0.2) is 9.97 Å². The monoisotopic (exact) mass is 521 g/mol. The van der Waals surface area contributed by atoms with Crippen LogP contribution in [0, 0.1) is 16.7 Å². The highest BCUT2D eigenvalue weighted by Crippen LogP contribution is 2.52. The van der Waals surface area contributed by atoms with E-state index in [-0.39, 0.29) is 28.7 Å². The van der Waals surface area contributed by atoms with Crippen LogP contribution in [-0.4, -0.2) is 75.6 Å². The zero-order valence-corrected chi connectivity index (χ0v) is 23.6. The van der Waals surface area contributed by atoms with Gasteiger partial charge in [-0.3, -0.25) is 9.59 Å². The van der Waals surface area contributed by atoms with E-state index in [0.717, 1.165) is 25.2 Å². The van der Waals surface area contributed by atoms with Crippen LogP contribution in [0.4, 0.5) is 5.82 Å². The number of amides is 2. The molecule has 3 atom stereocenters. The molecule has 2 saturated heterocycles. The quantitative estimate of drug-likeness (QED) is 0.306. The Hall–Kier alpha value is -1.54. The summed E-state index contributed by atoms with van der Waals surface area (Å²) in [5.74, 6) is 1.81. The number of carbonyl (C=O) groups is 2. The molecule has 3 aliphatic rings. The average molecular weight is 522 g/mol. The number of anilines is 1. The summed E-state index contributed by atoms with van der Waals surface area (Å²) < 4.78 is 0. The summed E-state index contributed by atoms with van der Waals surface area (Å²) >= 11 is 7.72. The van der Waals surface area contributed by atoms with Crippen molar-refractivity contribution in [2.45, 2.75) is 84.5 Å². The third-order valence-electron chi connectivity index (χ3n) is 7.58. The number of aromatic nitrogens is 2. The van der Waals surface area contributed by atoms with E-state index in [1.165, 1.54) is 18.2 Å². The van der Waals surface area contributed by atoms with Gasteiger partial charge in [0.05, 0.1) is 5.75 Å². The van der Waals surface area contributed by atoms with Crippen LogP contribution < -0.4 is 4.90 Å². The predicted octanol–water partition coefficient (Wildman–Crippen LogP) is 4.73. The highest BCUT2D eigenvalue weighted by Gasteiger charge is 2.50. The molecule has 7 nitrogen and oxygen atoms in total. The van der Waals surface area contributed by atoms with Crippen LogP contribution in [0.1, 0.15) is 67.2 Å². The molecule has 1 aliphatic carbocycles. The van der Waals surface area contributed by atoms with Gasteiger partial charge in [0.15, 0.2) is 5.16 Å². The molecule has 3 heterocycles. The van der Waals surface area contributed by atoms with Crippen LogP contribution in [0.3, 0.4) is 0 Å². The van der Waals surface area contributed by atoms with E-state index in [4.69, 9.17) is 16.6 Å². The second-order valence-corrected chi connectivity index (χ2v) is 13.7. The van der Waals surface area contributed by atoms with Gasteiger partial charge in [-0.05, 0) is 42.9 Å². The summed E-state index contributed by atoms with van der Waals surface area (Å²) in [6.45, 7) is 16.1. The Kier molecular flexibility index (Phi) is 7.64. The van der Waals surface area contributed by atoms with E-state index < -0.39 is 0 Å². The minimum absolute atomic E-state index is 0.0987. The summed E-state index contributed by atoms with van der Waals surface area (Å²) in [6, 6.07) is 2.21. The van der Waals surface area contributed by atoms with Crippen molar-refractivity contribution in [3.8, 4) is 0 Å². The fourth-order valence-electron chi connectivity index (χ4n) is 6.58. The third kappa shape index (κ3) is 6.24. The number of carbonyl (C=O) groups excluding carboxylic acids is 2. The van der Waals surface area contributed by atoms with Crippen molar-refractivity contribution in [2.24, 2.45) is 16.7 Å². The molecule has 0 N–H and O–H groups in total. The number of piperazine rings is 1. The van der Waals surface area contributed by atoms with Gasteiger partial charge in [0.25, 0.3) is 0 Å². The molecule has 1 saturated carbocycles. The largest absolute Gasteiger partial charge is 0.353 e. The van der Waals surface area contributed by atoms with Gasteiger partial charge in [0.2, 0.25) is 11.8 Å². The lowest BCUT2D eigenvalue weighted by Gasteiger charge is -2.40. The maximum atomic E-state index is 13.2. The van der Waals surface area contributed by atoms with Gasteiger partial charge in [-0.2, -0.15) is 0 Å². The van der Waals surface area contributed by atoms with Gasteiger partial charge < -0.3 is 14.7 Å². The van der Waals surface area contributed by atoms with Gasteiger partial charge in [-0.1, -0.05) is 58.0 Å². The van der Waals surface area contributed by atoms with Crippen LogP contribution in [0.15, 0.2) is 11.2 Å². The van der Waals surface area contributed by atoms with Gasteiger partial charge >= 0.3 is 0 Å². The van der Waals surface area contributed by atoms with Crippen molar-refractivity contribution in [3.05, 3.63) is 11.2 Å². The Balaban J connectivity index is 1.37. The van der Waals surface area contributed by atoms with Crippen LogP contribution >= 0.6 is 23.4 Å². The van der Waals surface area contributed by atoms with Crippen LogP contribution in [0.5, 0.6) is 0 Å². The van der Waals surface area contributed by atoms with Crippen molar-refractivity contribution in [1.82, 2.24) is 19.8 Å². The summed E-state index contributed by atoms with van der Waals surface area (Å²) in [7, 11) is 0. The molecule has 2 aliphatic heterocycles. The van der Waals surface area contributed by atoms with Gasteiger partial charge in [0.1, 0.15) is 11.0 Å². The fraction of sp³-hybridized carbons (Fsp3) is 0.769. The molecule has 1 aromatic rings. The number of hydrogen-bond acceptors (Lipinski definition) is 6. The molecule has 2 amide bonds. The first-order valence-electron chi connectivity index (χ1n) is 12.9. The molecular weight excluding hydrogens is 482 g/mol. The highest BCUT2D eigenvalue weighted by molar-refractivity contribution is 7.99. The molecule has 1 aromatic heterocycles. The van der Waals surface area contributed by atoms with E-state index >= 15 is 0 Å². The first kappa shape index (κ1) is 26.5. The van der Waals surface area contributed by atoms with Crippen molar-refractivity contribution in [3.63, 3.8) is 0 Å². The zero-order valence-electron chi connectivity index (χ0n) is 22.0. The van der Waals surface area contributed by atoms with E-state index in [9.17, 15) is 9.59 Å². The third-order valence-corrected chi connectivity index (χ3v) is 8.60. The van der Waals surface area contributed by atoms with E-state index in [1.54, 1.807) is 6.07 Å². The lowest BCUT2D eigenvalue weighted by Crippen LogP contribution is -2.54. The number of halogens is 1. The second kappa shape index (κ2) is 10.1. The van der Waals surface area contributed by atoms with E-state index in [0.29, 0.717) is 54.1 Å². The van der Waals surface area contributed by atoms with E-state index in [1.807, 2.05) is 4.90 Å². The second-order valence-electron chi connectivity index (χ2n) is 12.3. The molecule has 9 heteroatoms. The first-order valence-corrected chi connectivity index (χ1v) is 14.2. The number of fused-ring (bicyclic) bond motifs is 2. The van der Waals surface area contributed by atoms with Crippen LogP contribution in [-0.2, 0) is 9.59 Å². The number of hydrogen-bond donors (Lipinski definition) is 0. The van der Waals surface area contributed by atoms with Crippen molar-refractivity contribution in [2.75, 3.05) is 36.8 Å². The Bertz CT molecular complexity index is 973. The number of likely N-dealkylation sites (tertiary alicyclic amines) is 1. The average Bonchev–Trinajstić information content (AvgIpc) is 2.99. The van der Waals surface area contributed by atoms with Crippen molar-refractivity contribution < 1.29 is 9.59 Å². The molecular formula is C26H40ClN5O2S. The molecule has 194 valence electrons. The summed E-state index contributed by atoms with van der Waals surface area (Å²) in [5, 5.41) is 0.905. The van der Waals surface area contributed by atoms with Crippen molar-refractivity contribution >= 4 is 41.0 Å². The molecule has 2 bridgehead atoms. The zero-order chi connectivity index (χ0) is 25.5. The molecule has 4 rings (SSSR count). The minimum Gasteiger partial charge on any atom is -0.353 e. The predicted molar refractivity (Wildman–Crippen MR) is 142 cm³/mol. The molecule has 0 aromatic carbocycles. The Morgan fingerprint density at radius 2 is 1.89 bits per heavy atom. The molecule has 3 fully saturated rings. The minimum atomic E-state index is 0.0987. The highest BCUT2D eigenvalue weighted by atomic mass is 35.5. The summed E-state index contributed by atoms with van der Waals surface area (Å²) in [4.78, 5) is 41.1. The lowest BCUT2D eigenvalue weighted by atomic mass is 9.65.